The number of rotatable bonds is 5. The lowest BCUT2D eigenvalue weighted by atomic mass is 9.96. The summed E-state index contributed by atoms with van der Waals surface area (Å²) in [4.78, 5) is 15.0. The highest BCUT2D eigenvalue weighted by Gasteiger charge is 2.32. The van der Waals surface area contributed by atoms with Gasteiger partial charge in [-0.3, -0.25) is 4.79 Å². The summed E-state index contributed by atoms with van der Waals surface area (Å²) in [6.07, 6.45) is 4.73. The van der Waals surface area contributed by atoms with Crippen LogP contribution < -0.4 is 5.32 Å². The van der Waals surface area contributed by atoms with Gasteiger partial charge in [0.25, 0.3) is 5.91 Å². The molecule has 3 rings (SSSR count). The second-order valence-corrected chi connectivity index (χ2v) is 9.16. The molecule has 0 aliphatic carbocycles. The standard InChI is InChI=1S/C19H29N3O3S/c1-20-15-16-9-13-21(14-10-16)19(23)17-7-3-4-8-18(17)26(24,25)22-11-5-2-6-12-22/h3-4,7-8,16,20H,2,5-6,9-15H2,1H3. The van der Waals surface area contributed by atoms with E-state index in [9.17, 15) is 13.2 Å². The molecular weight excluding hydrogens is 350 g/mol. The van der Waals surface area contributed by atoms with Crippen molar-refractivity contribution in [2.24, 2.45) is 5.92 Å². The molecule has 2 aliphatic heterocycles. The van der Waals surface area contributed by atoms with Crippen molar-refractivity contribution in [2.75, 3.05) is 39.8 Å². The highest BCUT2D eigenvalue weighted by molar-refractivity contribution is 7.89. The lowest BCUT2D eigenvalue weighted by Gasteiger charge is -2.33. The molecule has 1 aromatic carbocycles. The number of benzene rings is 1. The van der Waals surface area contributed by atoms with Crippen LogP contribution in [0.25, 0.3) is 0 Å². The predicted molar refractivity (Wildman–Crippen MR) is 102 cm³/mol. The van der Waals surface area contributed by atoms with Gasteiger partial charge in [-0.05, 0) is 57.3 Å². The predicted octanol–water partition coefficient (Wildman–Crippen LogP) is 1.93. The van der Waals surface area contributed by atoms with Crippen LogP contribution in [-0.4, -0.2) is 63.3 Å². The molecule has 0 saturated carbocycles. The Balaban J connectivity index is 1.80. The molecular formula is C19H29N3O3S. The Morgan fingerprint density at radius 2 is 1.73 bits per heavy atom. The average molecular weight is 380 g/mol. The molecule has 0 atom stereocenters. The van der Waals surface area contributed by atoms with Crippen LogP contribution in [-0.2, 0) is 10.0 Å². The van der Waals surface area contributed by atoms with Crippen molar-refractivity contribution in [1.82, 2.24) is 14.5 Å². The quantitative estimate of drug-likeness (QED) is 0.849. The fourth-order valence-corrected chi connectivity index (χ4v) is 5.61. The Morgan fingerprint density at radius 3 is 2.38 bits per heavy atom. The van der Waals surface area contributed by atoms with Gasteiger partial charge in [-0.25, -0.2) is 8.42 Å². The molecule has 6 nitrogen and oxygen atoms in total. The van der Waals surface area contributed by atoms with Crippen LogP contribution >= 0.6 is 0 Å². The molecule has 0 bridgehead atoms. The fraction of sp³-hybridized carbons (Fsp3) is 0.632. The molecule has 0 unspecified atom stereocenters. The number of nitrogens with one attached hydrogen (secondary N) is 1. The zero-order valence-corrected chi connectivity index (χ0v) is 16.3. The first-order chi connectivity index (χ1) is 12.5. The Kier molecular flexibility index (Phi) is 6.32. The molecule has 144 valence electrons. The number of amides is 1. The van der Waals surface area contributed by atoms with Crippen LogP contribution in [0.3, 0.4) is 0 Å². The van der Waals surface area contributed by atoms with E-state index in [-0.39, 0.29) is 10.8 Å². The number of sulfonamides is 1. The summed E-state index contributed by atoms with van der Waals surface area (Å²) in [5, 5.41) is 3.19. The SMILES string of the molecule is CNCC1CCN(C(=O)c2ccccc2S(=O)(=O)N2CCCCC2)CC1. The number of likely N-dealkylation sites (tertiary alicyclic amines) is 1. The molecule has 0 spiro atoms. The molecule has 2 heterocycles. The number of carbonyl (C=O) groups is 1. The van der Waals surface area contributed by atoms with Crippen molar-refractivity contribution in [2.45, 2.75) is 37.0 Å². The van der Waals surface area contributed by atoms with E-state index in [0.717, 1.165) is 38.6 Å². The Bertz CT molecular complexity index is 721. The minimum atomic E-state index is -3.62. The third-order valence-corrected chi connectivity index (χ3v) is 7.40. The first-order valence-corrected chi connectivity index (χ1v) is 11.0. The van der Waals surface area contributed by atoms with Gasteiger partial charge in [-0.1, -0.05) is 18.6 Å². The minimum absolute atomic E-state index is 0.157. The second-order valence-electron chi connectivity index (χ2n) is 7.25. The molecule has 1 amide bonds. The normalized spacial score (nSPS) is 20.3. The largest absolute Gasteiger partial charge is 0.339 e. The van der Waals surface area contributed by atoms with Crippen LogP contribution in [0.2, 0.25) is 0 Å². The minimum Gasteiger partial charge on any atom is -0.339 e. The molecule has 7 heteroatoms. The van der Waals surface area contributed by atoms with E-state index in [0.29, 0.717) is 37.7 Å². The van der Waals surface area contributed by atoms with E-state index in [1.165, 1.54) is 4.31 Å². The summed E-state index contributed by atoms with van der Waals surface area (Å²) in [6.45, 7) is 3.41. The van der Waals surface area contributed by atoms with Crippen LogP contribution in [0, 0.1) is 5.92 Å². The molecule has 2 fully saturated rings. The summed E-state index contributed by atoms with van der Waals surface area (Å²) >= 11 is 0. The van der Waals surface area contributed by atoms with Gasteiger partial charge in [0, 0.05) is 26.2 Å². The lowest BCUT2D eigenvalue weighted by Crippen LogP contribution is -2.41. The van der Waals surface area contributed by atoms with Gasteiger partial charge in [0.05, 0.1) is 10.5 Å². The van der Waals surface area contributed by atoms with Gasteiger partial charge >= 0.3 is 0 Å². The van der Waals surface area contributed by atoms with Gasteiger partial charge in [0.2, 0.25) is 10.0 Å². The number of hydrogen-bond donors (Lipinski definition) is 1. The number of piperidine rings is 2. The lowest BCUT2D eigenvalue weighted by molar-refractivity contribution is 0.0686. The van der Waals surface area contributed by atoms with Gasteiger partial charge in [0.1, 0.15) is 0 Å². The first-order valence-electron chi connectivity index (χ1n) is 9.57. The van der Waals surface area contributed by atoms with E-state index in [2.05, 4.69) is 5.32 Å². The molecule has 2 aliphatic rings. The summed E-state index contributed by atoms with van der Waals surface area (Å²) in [5.41, 5.74) is 0.310. The van der Waals surface area contributed by atoms with E-state index >= 15 is 0 Å². The third-order valence-electron chi connectivity index (χ3n) is 5.44. The van der Waals surface area contributed by atoms with Crippen molar-refractivity contribution in [3.05, 3.63) is 29.8 Å². The molecule has 0 radical (unpaired) electrons. The van der Waals surface area contributed by atoms with Crippen molar-refractivity contribution in [3.63, 3.8) is 0 Å². The van der Waals surface area contributed by atoms with Crippen molar-refractivity contribution < 1.29 is 13.2 Å². The number of hydrogen-bond acceptors (Lipinski definition) is 4. The smallest absolute Gasteiger partial charge is 0.255 e. The third kappa shape index (κ3) is 4.10. The monoisotopic (exact) mass is 379 g/mol. The molecule has 2 saturated heterocycles. The van der Waals surface area contributed by atoms with Crippen LogP contribution in [0.5, 0.6) is 0 Å². The first kappa shape index (κ1) is 19.3. The Hall–Kier alpha value is -1.44. The summed E-state index contributed by atoms with van der Waals surface area (Å²) in [6, 6.07) is 6.67. The molecule has 0 aromatic heterocycles. The Morgan fingerprint density at radius 1 is 1.08 bits per heavy atom. The van der Waals surface area contributed by atoms with E-state index < -0.39 is 10.0 Å². The second kappa shape index (κ2) is 8.50. The van der Waals surface area contributed by atoms with Crippen LogP contribution in [0.15, 0.2) is 29.2 Å². The summed E-state index contributed by atoms with van der Waals surface area (Å²) < 4.78 is 27.7. The van der Waals surface area contributed by atoms with Crippen LogP contribution in [0.1, 0.15) is 42.5 Å². The van der Waals surface area contributed by atoms with Gasteiger partial charge in [-0.2, -0.15) is 4.31 Å². The van der Waals surface area contributed by atoms with Crippen molar-refractivity contribution in [1.29, 1.82) is 0 Å². The maximum Gasteiger partial charge on any atom is 0.255 e. The van der Waals surface area contributed by atoms with E-state index in [1.54, 1.807) is 29.2 Å². The number of nitrogens with zero attached hydrogens (tertiary/aromatic N) is 2. The maximum absolute atomic E-state index is 13.1. The summed E-state index contributed by atoms with van der Waals surface area (Å²) in [5.74, 6) is 0.417. The fourth-order valence-electron chi connectivity index (χ4n) is 3.91. The number of carbonyl (C=O) groups excluding carboxylic acids is 1. The van der Waals surface area contributed by atoms with E-state index in [1.807, 2.05) is 7.05 Å². The van der Waals surface area contributed by atoms with Crippen molar-refractivity contribution in [3.8, 4) is 0 Å². The molecule has 1 N–H and O–H groups in total. The maximum atomic E-state index is 13.1. The average Bonchev–Trinajstić information content (AvgIpc) is 2.69. The van der Waals surface area contributed by atoms with E-state index in [4.69, 9.17) is 0 Å². The summed E-state index contributed by atoms with van der Waals surface area (Å²) in [7, 11) is -1.68. The van der Waals surface area contributed by atoms with Gasteiger partial charge in [0.15, 0.2) is 0 Å². The highest BCUT2D eigenvalue weighted by atomic mass is 32.2. The van der Waals surface area contributed by atoms with Crippen LogP contribution in [0.4, 0.5) is 0 Å². The zero-order valence-electron chi connectivity index (χ0n) is 15.5. The van der Waals surface area contributed by atoms with Gasteiger partial charge in [-0.15, -0.1) is 0 Å². The zero-order chi connectivity index (χ0) is 18.6. The topological polar surface area (TPSA) is 69.7 Å². The van der Waals surface area contributed by atoms with Crippen molar-refractivity contribution >= 4 is 15.9 Å². The molecule has 26 heavy (non-hydrogen) atoms. The Labute approximate surface area is 156 Å². The molecule has 1 aromatic rings. The highest BCUT2D eigenvalue weighted by Crippen LogP contribution is 2.26. The van der Waals surface area contributed by atoms with Gasteiger partial charge < -0.3 is 10.2 Å².